The first kappa shape index (κ1) is 10.1. The number of aromatic hydroxyl groups is 1. The van der Waals surface area contributed by atoms with Gasteiger partial charge in [0.2, 0.25) is 0 Å². The van der Waals surface area contributed by atoms with Crippen LogP contribution in [0, 0.1) is 0 Å². The number of hydrogen-bond donors (Lipinski definition) is 1. The molecule has 0 radical (unpaired) electrons. The van der Waals surface area contributed by atoms with Crippen molar-refractivity contribution >= 4 is 25.5 Å². The minimum absolute atomic E-state index is 0.256. The van der Waals surface area contributed by atoms with Crippen molar-refractivity contribution in [1.29, 1.82) is 0 Å². The van der Waals surface area contributed by atoms with E-state index in [1.165, 1.54) is 0 Å². The fourth-order valence-corrected chi connectivity index (χ4v) is 0.952. The number of phenolic OH excluding ortho intramolecular Hbond substituents is 1. The summed E-state index contributed by atoms with van der Waals surface area (Å²) in [6, 6.07) is 6.80. The van der Waals surface area contributed by atoms with E-state index in [0.717, 1.165) is 5.56 Å². The average Bonchev–Trinajstić information content (AvgIpc) is 2.16. The van der Waals surface area contributed by atoms with E-state index in [1.807, 2.05) is 0 Å². The summed E-state index contributed by atoms with van der Waals surface area (Å²) in [5.41, 5.74) is 0.934. The number of hydrogen-bond acceptors (Lipinski definition) is 3. The van der Waals surface area contributed by atoms with Crippen LogP contribution in [0.4, 0.5) is 0 Å². The van der Waals surface area contributed by atoms with Crippen LogP contribution in [-0.4, -0.2) is 23.1 Å². The average molecular weight is 212 g/mol. The lowest BCUT2D eigenvalue weighted by molar-refractivity contribution is 0.475. The van der Waals surface area contributed by atoms with Crippen LogP contribution in [0.5, 0.6) is 5.75 Å². The molecule has 0 aromatic heterocycles. The predicted octanol–water partition coefficient (Wildman–Crippen LogP) is 1.98. The fourth-order valence-electron chi connectivity index (χ4n) is 0.732. The molecule has 0 amide bonds. The summed E-state index contributed by atoms with van der Waals surface area (Å²) in [5, 5.41) is 13.1. The Balaban J connectivity index is 2.69. The van der Waals surface area contributed by atoms with Crippen LogP contribution in [0.15, 0.2) is 29.4 Å². The molecule has 1 N–H and O–H groups in total. The Hall–Kier alpha value is -0.990. The Labute approximate surface area is 83.6 Å². The number of phenols is 1. The first-order chi connectivity index (χ1) is 6.22. The van der Waals surface area contributed by atoms with Crippen molar-refractivity contribution in [1.82, 2.24) is 4.78 Å². The van der Waals surface area contributed by atoms with Gasteiger partial charge in [0.05, 0.1) is 6.21 Å². The Bertz CT molecular complexity index is 312. The molecule has 0 fully saturated rings. The summed E-state index contributed by atoms with van der Waals surface area (Å²) in [6.45, 7) is 0. The topological polar surface area (TPSA) is 35.8 Å². The molecule has 0 aliphatic rings. The lowest BCUT2D eigenvalue weighted by Gasteiger charge is -2.00. The molecule has 0 aliphatic carbocycles. The quantitative estimate of drug-likeness (QED) is 0.472. The number of hydrazone groups is 1. The van der Waals surface area contributed by atoms with Gasteiger partial charge in [-0.15, -0.1) is 0 Å². The van der Waals surface area contributed by atoms with Gasteiger partial charge in [-0.3, -0.25) is 0 Å². The van der Waals surface area contributed by atoms with Gasteiger partial charge in [0.1, 0.15) is 13.3 Å². The van der Waals surface area contributed by atoms with Crippen LogP contribution in [0.3, 0.4) is 0 Å². The number of nitrogens with zero attached hydrogens (tertiary/aromatic N) is 2. The van der Waals surface area contributed by atoms with E-state index in [2.05, 4.69) is 5.10 Å². The van der Waals surface area contributed by atoms with Gasteiger partial charge in [0.15, 0.2) is 0 Å². The Morgan fingerprint density at radius 3 is 2.62 bits per heavy atom. The third kappa shape index (κ3) is 3.49. The lowest BCUT2D eigenvalue weighted by Crippen LogP contribution is -1.94. The monoisotopic (exact) mass is 212 g/mol. The molecular formula is C8H9N2OPS. The second kappa shape index (κ2) is 4.90. The van der Waals surface area contributed by atoms with Gasteiger partial charge in [-0.2, -0.15) is 5.10 Å². The molecule has 0 saturated heterocycles. The molecule has 1 aromatic rings. The summed E-state index contributed by atoms with van der Waals surface area (Å²) in [7, 11) is 2.48. The molecule has 0 bridgehead atoms. The minimum Gasteiger partial charge on any atom is -0.508 e. The van der Waals surface area contributed by atoms with E-state index in [1.54, 1.807) is 42.3 Å². The van der Waals surface area contributed by atoms with Gasteiger partial charge >= 0.3 is 0 Å². The summed E-state index contributed by atoms with van der Waals surface area (Å²) in [6.07, 6.45) is 1.69. The highest BCUT2D eigenvalue weighted by atomic mass is 32.4. The molecular weight excluding hydrogens is 203 g/mol. The largest absolute Gasteiger partial charge is 0.508 e. The molecule has 0 heterocycles. The molecule has 1 aromatic carbocycles. The molecule has 5 heteroatoms. The van der Waals surface area contributed by atoms with Crippen molar-refractivity contribution in [3.8, 4) is 5.75 Å². The zero-order chi connectivity index (χ0) is 9.68. The van der Waals surface area contributed by atoms with Crippen LogP contribution < -0.4 is 0 Å². The summed E-state index contributed by atoms with van der Waals surface area (Å²) in [4.78, 5) is 0. The van der Waals surface area contributed by atoms with Crippen LogP contribution in [-0.2, 0) is 11.8 Å². The van der Waals surface area contributed by atoms with Gasteiger partial charge in [0.25, 0.3) is 0 Å². The van der Waals surface area contributed by atoms with Gasteiger partial charge in [-0.25, -0.2) is 4.78 Å². The minimum atomic E-state index is 0.256. The molecule has 0 saturated carbocycles. The molecule has 0 unspecified atom stereocenters. The van der Waals surface area contributed by atoms with Crippen LogP contribution in [0.25, 0.3) is 0 Å². The first-order valence-electron chi connectivity index (χ1n) is 3.62. The van der Waals surface area contributed by atoms with Crippen molar-refractivity contribution in [2.75, 3.05) is 7.05 Å². The standard InChI is InChI=1S/C8H9N2OPS/c1-10(12-13)9-6-7-2-4-8(11)5-3-7/h2-6,11H,1H3/b9-6+. The van der Waals surface area contributed by atoms with Gasteiger partial charge in [0, 0.05) is 7.05 Å². The molecule has 0 spiro atoms. The maximum atomic E-state index is 9.01. The Kier molecular flexibility index (Phi) is 3.80. The van der Waals surface area contributed by atoms with E-state index in [-0.39, 0.29) is 5.75 Å². The lowest BCUT2D eigenvalue weighted by atomic mass is 10.2. The van der Waals surface area contributed by atoms with Crippen molar-refractivity contribution in [3.63, 3.8) is 0 Å². The highest BCUT2D eigenvalue weighted by Crippen LogP contribution is 2.08. The normalized spacial score (nSPS) is 10.8. The molecule has 0 atom stereocenters. The molecule has 1 rings (SSSR count). The second-order valence-electron chi connectivity index (χ2n) is 2.41. The zero-order valence-corrected chi connectivity index (χ0v) is 8.79. The van der Waals surface area contributed by atoms with Crippen LogP contribution in [0.2, 0.25) is 0 Å². The van der Waals surface area contributed by atoms with Gasteiger partial charge in [-0.1, -0.05) is 0 Å². The number of rotatable bonds is 3. The fraction of sp³-hybridized carbons (Fsp3) is 0.125. The summed E-state index contributed by atoms with van der Waals surface area (Å²) in [5.74, 6) is 0.256. The molecule has 3 nitrogen and oxygen atoms in total. The Morgan fingerprint density at radius 1 is 1.46 bits per heavy atom. The smallest absolute Gasteiger partial charge is 0.115 e. The zero-order valence-electron chi connectivity index (χ0n) is 7.08. The summed E-state index contributed by atoms with van der Waals surface area (Å²) >= 11 is 4.76. The van der Waals surface area contributed by atoms with E-state index < -0.39 is 0 Å². The van der Waals surface area contributed by atoms with Crippen LogP contribution in [0.1, 0.15) is 5.56 Å². The highest BCUT2D eigenvalue weighted by molar-refractivity contribution is 7.95. The van der Waals surface area contributed by atoms with E-state index >= 15 is 0 Å². The van der Waals surface area contributed by atoms with E-state index in [4.69, 9.17) is 16.9 Å². The highest BCUT2D eigenvalue weighted by Gasteiger charge is 1.89. The third-order valence-corrected chi connectivity index (χ3v) is 2.43. The van der Waals surface area contributed by atoms with Gasteiger partial charge < -0.3 is 5.11 Å². The number of benzene rings is 1. The maximum absolute atomic E-state index is 9.01. The van der Waals surface area contributed by atoms with E-state index in [0.29, 0.717) is 7.51 Å². The third-order valence-electron chi connectivity index (χ3n) is 1.39. The second-order valence-corrected chi connectivity index (χ2v) is 3.64. The van der Waals surface area contributed by atoms with Crippen molar-refractivity contribution in [2.45, 2.75) is 0 Å². The molecule has 68 valence electrons. The predicted molar refractivity (Wildman–Crippen MR) is 57.7 cm³/mol. The Morgan fingerprint density at radius 2 is 2.08 bits per heavy atom. The van der Waals surface area contributed by atoms with Crippen molar-refractivity contribution in [3.05, 3.63) is 29.8 Å². The maximum Gasteiger partial charge on any atom is 0.115 e. The van der Waals surface area contributed by atoms with Crippen molar-refractivity contribution < 1.29 is 5.11 Å². The van der Waals surface area contributed by atoms with E-state index in [9.17, 15) is 0 Å². The molecule has 0 aliphatic heterocycles. The van der Waals surface area contributed by atoms with Crippen LogP contribution >= 0.6 is 7.51 Å². The molecule has 13 heavy (non-hydrogen) atoms. The SMILES string of the molecule is CN(/N=C/c1ccc(O)cc1)P=S. The van der Waals surface area contributed by atoms with Crippen molar-refractivity contribution in [2.24, 2.45) is 5.10 Å². The first-order valence-corrected chi connectivity index (χ1v) is 5.48. The van der Waals surface area contributed by atoms with Gasteiger partial charge in [-0.05, 0) is 41.6 Å². The summed E-state index contributed by atoms with van der Waals surface area (Å²) < 4.78 is 1.63.